The molecule has 21 heavy (non-hydrogen) atoms. The van der Waals surface area contributed by atoms with Gasteiger partial charge in [0.1, 0.15) is 0 Å². The van der Waals surface area contributed by atoms with Crippen LogP contribution in [-0.4, -0.2) is 25.1 Å². The molecule has 0 aliphatic rings. The Hall–Kier alpha value is -1.85. The fraction of sp³-hybridized carbons (Fsp3) is 0.143. The second-order valence-electron chi connectivity index (χ2n) is 4.09. The second-order valence-corrected chi connectivity index (χ2v) is 4.90. The minimum atomic E-state index is -0.575. The number of anilines is 1. The summed E-state index contributed by atoms with van der Waals surface area (Å²) in [5.41, 5.74) is 1.05. The lowest BCUT2D eigenvalue weighted by molar-refractivity contribution is 0.0601. The van der Waals surface area contributed by atoms with Crippen molar-refractivity contribution in [1.29, 1.82) is 0 Å². The number of carbonyl (C=O) groups is 1. The van der Waals surface area contributed by atoms with Crippen molar-refractivity contribution in [2.75, 3.05) is 19.5 Å². The zero-order chi connectivity index (χ0) is 15.6. The van der Waals surface area contributed by atoms with Gasteiger partial charge in [-0.15, -0.1) is 0 Å². The van der Waals surface area contributed by atoms with Gasteiger partial charge in [-0.1, -0.05) is 29.3 Å². The molecule has 4 nitrogen and oxygen atoms in total. The van der Waals surface area contributed by atoms with Crippen LogP contribution in [0.5, 0.6) is 0 Å². The predicted molar refractivity (Wildman–Crippen MR) is 80.5 cm³/mol. The van der Waals surface area contributed by atoms with E-state index in [0.29, 0.717) is 11.3 Å². The number of benzene rings is 1. The SMILES string of the molecule is CNc1nc(-c2ccc(Cl)c(C(=O)OC)c2)c(Cl)cc1F. The van der Waals surface area contributed by atoms with Gasteiger partial charge in [0.15, 0.2) is 11.6 Å². The molecule has 2 aromatic rings. The summed E-state index contributed by atoms with van der Waals surface area (Å²) in [6, 6.07) is 5.83. The molecule has 0 unspecified atom stereocenters. The van der Waals surface area contributed by atoms with E-state index in [1.54, 1.807) is 13.1 Å². The molecule has 0 saturated heterocycles. The summed E-state index contributed by atoms with van der Waals surface area (Å²) in [5.74, 6) is -1.08. The number of esters is 1. The van der Waals surface area contributed by atoms with Crippen LogP contribution in [-0.2, 0) is 4.74 Å². The minimum absolute atomic E-state index is 0.0592. The van der Waals surface area contributed by atoms with Gasteiger partial charge in [0.05, 0.1) is 28.4 Å². The van der Waals surface area contributed by atoms with E-state index >= 15 is 0 Å². The summed E-state index contributed by atoms with van der Waals surface area (Å²) in [6.45, 7) is 0. The molecular formula is C14H11Cl2FN2O2. The number of hydrogen-bond acceptors (Lipinski definition) is 4. The van der Waals surface area contributed by atoms with Gasteiger partial charge in [-0.25, -0.2) is 14.2 Å². The molecule has 1 aromatic carbocycles. The first-order valence-corrected chi connectivity index (χ1v) is 6.65. The van der Waals surface area contributed by atoms with Crippen molar-refractivity contribution in [2.24, 2.45) is 0 Å². The Kier molecular flexibility index (Phi) is 4.65. The normalized spacial score (nSPS) is 10.3. The van der Waals surface area contributed by atoms with Crippen LogP contribution >= 0.6 is 23.2 Å². The molecule has 0 amide bonds. The molecule has 1 N–H and O–H groups in total. The highest BCUT2D eigenvalue weighted by molar-refractivity contribution is 6.34. The number of halogens is 3. The molecule has 0 saturated carbocycles. The number of rotatable bonds is 3. The number of ether oxygens (including phenoxy) is 1. The Bertz CT molecular complexity index is 708. The maximum Gasteiger partial charge on any atom is 0.339 e. The van der Waals surface area contributed by atoms with Crippen molar-refractivity contribution in [3.63, 3.8) is 0 Å². The van der Waals surface area contributed by atoms with Crippen molar-refractivity contribution >= 4 is 35.0 Å². The molecule has 0 spiro atoms. The van der Waals surface area contributed by atoms with Crippen molar-refractivity contribution in [3.05, 3.63) is 45.7 Å². The first-order chi connectivity index (χ1) is 9.97. The van der Waals surface area contributed by atoms with E-state index in [9.17, 15) is 9.18 Å². The quantitative estimate of drug-likeness (QED) is 0.864. The van der Waals surface area contributed by atoms with E-state index < -0.39 is 11.8 Å². The molecule has 7 heteroatoms. The first-order valence-electron chi connectivity index (χ1n) is 5.90. The summed E-state index contributed by atoms with van der Waals surface area (Å²) in [4.78, 5) is 15.8. The van der Waals surface area contributed by atoms with Gasteiger partial charge in [0.2, 0.25) is 0 Å². The van der Waals surface area contributed by atoms with Gasteiger partial charge in [-0.2, -0.15) is 0 Å². The molecule has 0 atom stereocenters. The second kappa shape index (κ2) is 6.28. The lowest BCUT2D eigenvalue weighted by atomic mass is 10.1. The molecule has 1 heterocycles. The van der Waals surface area contributed by atoms with Crippen molar-refractivity contribution in [1.82, 2.24) is 4.98 Å². The number of hydrogen-bond donors (Lipinski definition) is 1. The minimum Gasteiger partial charge on any atom is -0.465 e. The van der Waals surface area contributed by atoms with Gasteiger partial charge < -0.3 is 10.1 Å². The highest BCUT2D eigenvalue weighted by atomic mass is 35.5. The standard InChI is InChI=1S/C14H11Cl2FN2O2/c1-18-13-11(17)6-10(16)12(19-13)7-3-4-9(15)8(5-7)14(20)21-2/h3-6H,1-2H3,(H,18,19). The number of aromatic nitrogens is 1. The van der Waals surface area contributed by atoms with Crippen LogP contribution in [0.3, 0.4) is 0 Å². The first kappa shape index (κ1) is 15.5. The van der Waals surface area contributed by atoms with E-state index in [0.717, 1.165) is 6.07 Å². The molecule has 0 aliphatic heterocycles. The van der Waals surface area contributed by atoms with Crippen LogP contribution in [0.4, 0.5) is 10.2 Å². The van der Waals surface area contributed by atoms with Crippen LogP contribution in [0.25, 0.3) is 11.3 Å². The summed E-state index contributed by atoms with van der Waals surface area (Å²) in [6.07, 6.45) is 0. The summed E-state index contributed by atoms with van der Waals surface area (Å²) in [7, 11) is 2.80. The number of pyridine rings is 1. The Labute approximate surface area is 130 Å². The van der Waals surface area contributed by atoms with E-state index in [1.165, 1.54) is 19.2 Å². The van der Waals surface area contributed by atoms with E-state index in [2.05, 4.69) is 15.0 Å². The molecule has 0 bridgehead atoms. The monoisotopic (exact) mass is 328 g/mol. The van der Waals surface area contributed by atoms with Crippen LogP contribution in [0.2, 0.25) is 10.0 Å². The summed E-state index contributed by atoms with van der Waals surface area (Å²) in [5, 5.41) is 3.01. The number of carbonyl (C=O) groups excluding carboxylic acids is 1. The average molecular weight is 329 g/mol. The van der Waals surface area contributed by atoms with Gasteiger partial charge in [0, 0.05) is 12.6 Å². The molecule has 110 valence electrons. The number of methoxy groups -OCH3 is 1. The lowest BCUT2D eigenvalue weighted by Crippen LogP contribution is -2.03. The third-order valence-corrected chi connectivity index (χ3v) is 3.43. The molecule has 0 aliphatic carbocycles. The van der Waals surface area contributed by atoms with Gasteiger partial charge in [0.25, 0.3) is 0 Å². The maximum absolute atomic E-state index is 13.6. The molecule has 1 aromatic heterocycles. The molecule has 0 fully saturated rings. The van der Waals surface area contributed by atoms with Crippen LogP contribution in [0.1, 0.15) is 10.4 Å². The van der Waals surface area contributed by atoms with E-state index in [1.807, 2.05) is 0 Å². The Morgan fingerprint density at radius 2 is 2.00 bits per heavy atom. The lowest BCUT2D eigenvalue weighted by Gasteiger charge is -2.10. The average Bonchev–Trinajstić information content (AvgIpc) is 2.47. The number of nitrogens with one attached hydrogen (secondary N) is 1. The highest BCUT2D eigenvalue weighted by Gasteiger charge is 2.16. The largest absolute Gasteiger partial charge is 0.465 e. The van der Waals surface area contributed by atoms with Crippen molar-refractivity contribution < 1.29 is 13.9 Å². The summed E-state index contributed by atoms with van der Waals surface area (Å²) < 4.78 is 18.2. The third kappa shape index (κ3) is 3.09. The Morgan fingerprint density at radius 3 is 2.62 bits per heavy atom. The Balaban J connectivity index is 2.59. The third-order valence-electron chi connectivity index (χ3n) is 2.81. The summed E-state index contributed by atoms with van der Waals surface area (Å²) >= 11 is 12.0. The zero-order valence-corrected chi connectivity index (χ0v) is 12.7. The molecule has 2 rings (SSSR count). The van der Waals surface area contributed by atoms with Crippen molar-refractivity contribution in [2.45, 2.75) is 0 Å². The highest BCUT2D eigenvalue weighted by Crippen LogP contribution is 2.31. The van der Waals surface area contributed by atoms with E-state index in [-0.39, 0.29) is 21.4 Å². The fourth-order valence-corrected chi connectivity index (χ4v) is 2.23. The maximum atomic E-state index is 13.6. The predicted octanol–water partition coefficient (Wildman–Crippen LogP) is 4.02. The topological polar surface area (TPSA) is 51.2 Å². The van der Waals surface area contributed by atoms with Crippen molar-refractivity contribution in [3.8, 4) is 11.3 Å². The van der Waals surface area contributed by atoms with Crippen LogP contribution in [0, 0.1) is 5.82 Å². The van der Waals surface area contributed by atoms with Crippen LogP contribution < -0.4 is 5.32 Å². The van der Waals surface area contributed by atoms with E-state index in [4.69, 9.17) is 23.2 Å². The Morgan fingerprint density at radius 1 is 1.29 bits per heavy atom. The van der Waals surface area contributed by atoms with Gasteiger partial charge in [-0.3, -0.25) is 0 Å². The van der Waals surface area contributed by atoms with Crippen LogP contribution in [0.15, 0.2) is 24.3 Å². The van der Waals surface area contributed by atoms with Gasteiger partial charge >= 0.3 is 5.97 Å². The molecule has 0 radical (unpaired) electrons. The number of nitrogens with zero attached hydrogens (tertiary/aromatic N) is 1. The smallest absolute Gasteiger partial charge is 0.339 e. The molecular weight excluding hydrogens is 318 g/mol. The van der Waals surface area contributed by atoms with Gasteiger partial charge in [-0.05, 0) is 18.2 Å². The zero-order valence-electron chi connectivity index (χ0n) is 11.2. The fourth-order valence-electron chi connectivity index (χ4n) is 1.78.